The van der Waals surface area contributed by atoms with Crippen LogP contribution in [0.15, 0.2) is 41.4 Å². The molecule has 80 valence electrons. The quantitative estimate of drug-likeness (QED) is 0.714. The first-order chi connectivity index (χ1) is 7.22. The van der Waals surface area contributed by atoms with Crippen LogP contribution in [-0.4, -0.2) is 5.78 Å². The van der Waals surface area contributed by atoms with Gasteiger partial charge in [-0.1, -0.05) is 34.1 Å². The van der Waals surface area contributed by atoms with Crippen LogP contribution < -0.4 is 0 Å². The summed E-state index contributed by atoms with van der Waals surface area (Å²) in [6.07, 6.45) is 4.68. The summed E-state index contributed by atoms with van der Waals surface area (Å²) in [5.74, 6) is 0.317. The summed E-state index contributed by atoms with van der Waals surface area (Å²) in [5, 5.41) is 0. The largest absolute Gasteiger partial charge is 0.300 e. The van der Waals surface area contributed by atoms with E-state index in [0.29, 0.717) is 18.6 Å². The Labute approximate surface area is 99.3 Å². The Balaban J connectivity index is 2.33. The molecule has 0 saturated carbocycles. The van der Waals surface area contributed by atoms with Gasteiger partial charge in [0.25, 0.3) is 0 Å². The van der Waals surface area contributed by atoms with Crippen LogP contribution in [0.1, 0.15) is 24.8 Å². The Hall–Kier alpha value is -0.890. The van der Waals surface area contributed by atoms with Gasteiger partial charge in [0.1, 0.15) is 5.78 Å². The first-order valence-corrected chi connectivity index (χ1v) is 5.88. The van der Waals surface area contributed by atoms with Crippen LogP contribution in [0.4, 0.5) is 0 Å². The fourth-order valence-corrected chi connectivity index (χ4v) is 1.59. The van der Waals surface area contributed by atoms with Crippen LogP contribution in [0.25, 0.3) is 0 Å². The van der Waals surface area contributed by atoms with Crippen molar-refractivity contribution in [2.45, 2.75) is 25.7 Å². The standard InChI is InChI=1S/C13H15BrO/c1-2-3-4-13(15)10-7-11-5-8-12(14)9-6-11/h2,5-6,8-9H,1,3-4,7,10H2. The molecule has 2 heteroatoms. The van der Waals surface area contributed by atoms with Crippen molar-refractivity contribution in [1.29, 1.82) is 0 Å². The van der Waals surface area contributed by atoms with Crippen LogP contribution in [0, 0.1) is 0 Å². The van der Waals surface area contributed by atoms with Gasteiger partial charge in [-0.25, -0.2) is 0 Å². The summed E-state index contributed by atoms with van der Waals surface area (Å²) in [6, 6.07) is 8.10. The first-order valence-electron chi connectivity index (χ1n) is 5.09. The van der Waals surface area contributed by atoms with Crippen LogP contribution >= 0.6 is 15.9 Å². The third kappa shape index (κ3) is 4.93. The molecule has 1 rings (SSSR count). The van der Waals surface area contributed by atoms with E-state index in [2.05, 4.69) is 22.5 Å². The number of carbonyl (C=O) groups excluding carboxylic acids is 1. The maximum absolute atomic E-state index is 11.4. The average molecular weight is 267 g/mol. The van der Waals surface area contributed by atoms with Gasteiger partial charge in [0.15, 0.2) is 0 Å². The molecule has 0 N–H and O–H groups in total. The zero-order valence-electron chi connectivity index (χ0n) is 8.71. The summed E-state index contributed by atoms with van der Waals surface area (Å²) in [4.78, 5) is 11.4. The first kappa shape index (κ1) is 12.2. The van der Waals surface area contributed by atoms with Crippen molar-refractivity contribution in [1.82, 2.24) is 0 Å². The summed E-state index contributed by atoms with van der Waals surface area (Å²) in [7, 11) is 0. The van der Waals surface area contributed by atoms with E-state index in [9.17, 15) is 4.79 Å². The molecule has 1 nitrogen and oxygen atoms in total. The summed E-state index contributed by atoms with van der Waals surface area (Å²) >= 11 is 3.38. The van der Waals surface area contributed by atoms with Crippen molar-refractivity contribution in [3.63, 3.8) is 0 Å². The van der Waals surface area contributed by atoms with Gasteiger partial charge < -0.3 is 0 Å². The molecule has 1 aromatic carbocycles. The Kier molecular flexibility index (Phi) is 5.33. The molecule has 15 heavy (non-hydrogen) atoms. The SMILES string of the molecule is C=CCCC(=O)CCc1ccc(Br)cc1. The third-order valence-corrected chi connectivity index (χ3v) is 2.76. The lowest BCUT2D eigenvalue weighted by Crippen LogP contribution is -1.99. The van der Waals surface area contributed by atoms with E-state index >= 15 is 0 Å². The van der Waals surface area contributed by atoms with Gasteiger partial charge in [-0.2, -0.15) is 0 Å². The number of aryl methyl sites for hydroxylation is 1. The highest BCUT2D eigenvalue weighted by Crippen LogP contribution is 2.12. The lowest BCUT2D eigenvalue weighted by molar-refractivity contribution is -0.118. The monoisotopic (exact) mass is 266 g/mol. The van der Waals surface area contributed by atoms with Crippen molar-refractivity contribution in [2.75, 3.05) is 0 Å². The number of ketones is 1. The molecule has 0 atom stereocenters. The molecule has 0 aromatic heterocycles. The summed E-state index contributed by atoms with van der Waals surface area (Å²) in [5.41, 5.74) is 1.21. The Morgan fingerprint density at radius 1 is 1.27 bits per heavy atom. The molecule has 0 saturated heterocycles. The molecule has 0 bridgehead atoms. The van der Waals surface area contributed by atoms with Crippen molar-refractivity contribution in [2.24, 2.45) is 0 Å². The predicted octanol–water partition coefficient (Wildman–Crippen LogP) is 3.92. The number of Topliss-reactive ketones (excluding diaryl/α,β-unsaturated/α-hetero) is 1. The molecule has 0 amide bonds. The number of hydrogen-bond donors (Lipinski definition) is 0. The van der Waals surface area contributed by atoms with Gasteiger partial charge in [0.2, 0.25) is 0 Å². The van der Waals surface area contributed by atoms with Crippen LogP contribution in [0.3, 0.4) is 0 Å². The predicted molar refractivity (Wildman–Crippen MR) is 66.9 cm³/mol. The maximum atomic E-state index is 11.4. The van der Waals surface area contributed by atoms with Gasteiger partial charge in [-0.3, -0.25) is 4.79 Å². The fraction of sp³-hybridized carbons (Fsp3) is 0.308. The highest BCUT2D eigenvalue weighted by atomic mass is 79.9. The van der Waals surface area contributed by atoms with Crippen LogP contribution in [-0.2, 0) is 11.2 Å². The second-order valence-corrected chi connectivity index (χ2v) is 4.41. The van der Waals surface area contributed by atoms with Crippen molar-refractivity contribution < 1.29 is 4.79 Å². The van der Waals surface area contributed by atoms with Crippen molar-refractivity contribution in [3.8, 4) is 0 Å². The van der Waals surface area contributed by atoms with E-state index in [4.69, 9.17) is 0 Å². The van der Waals surface area contributed by atoms with Gasteiger partial charge in [-0.15, -0.1) is 6.58 Å². The third-order valence-electron chi connectivity index (χ3n) is 2.23. The zero-order valence-corrected chi connectivity index (χ0v) is 10.3. The molecule has 0 unspecified atom stereocenters. The molecule has 0 heterocycles. The number of halogens is 1. The number of allylic oxidation sites excluding steroid dienone is 1. The number of rotatable bonds is 6. The second kappa shape index (κ2) is 6.57. The van der Waals surface area contributed by atoms with Gasteiger partial charge in [0, 0.05) is 17.3 Å². The normalized spacial score (nSPS) is 9.93. The molecule has 0 aliphatic rings. The Morgan fingerprint density at radius 2 is 1.93 bits per heavy atom. The van der Waals surface area contributed by atoms with Crippen molar-refractivity contribution in [3.05, 3.63) is 47.0 Å². The molecule has 0 aliphatic carbocycles. The van der Waals surface area contributed by atoms with E-state index in [0.717, 1.165) is 17.3 Å². The fourth-order valence-electron chi connectivity index (χ4n) is 1.32. The molecule has 0 fully saturated rings. The molecule has 0 spiro atoms. The smallest absolute Gasteiger partial charge is 0.133 e. The highest BCUT2D eigenvalue weighted by molar-refractivity contribution is 9.10. The summed E-state index contributed by atoms with van der Waals surface area (Å²) < 4.78 is 1.07. The zero-order chi connectivity index (χ0) is 11.1. The minimum Gasteiger partial charge on any atom is -0.300 e. The number of benzene rings is 1. The maximum Gasteiger partial charge on any atom is 0.133 e. The van der Waals surface area contributed by atoms with E-state index in [-0.39, 0.29) is 0 Å². The van der Waals surface area contributed by atoms with E-state index in [1.165, 1.54) is 5.56 Å². The Morgan fingerprint density at radius 3 is 2.53 bits per heavy atom. The molecule has 0 aliphatic heterocycles. The van der Waals surface area contributed by atoms with Crippen LogP contribution in [0.5, 0.6) is 0 Å². The number of carbonyl (C=O) groups is 1. The van der Waals surface area contributed by atoms with E-state index in [1.54, 1.807) is 6.08 Å². The van der Waals surface area contributed by atoms with Gasteiger partial charge in [-0.05, 0) is 30.5 Å². The Bertz CT molecular complexity index is 327. The lowest BCUT2D eigenvalue weighted by atomic mass is 10.1. The minimum absolute atomic E-state index is 0.317. The minimum atomic E-state index is 0.317. The number of hydrogen-bond acceptors (Lipinski definition) is 1. The summed E-state index contributed by atoms with van der Waals surface area (Å²) in [6.45, 7) is 3.60. The second-order valence-electron chi connectivity index (χ2n) is 3.49. The van der Waals surface area contributed by atoms with Gasteiger partial charge in [0.05, 0.1) is 0 Å². The molecule has 0 radical (unpaired) electrons. The highest BCUT2D eigenvalue weighted by Gasteiger charge is 2.01. The van der Waals surface area contributed by atoms with Gasteiger partial charge >= 0.3 is 0 Å². The van der Waals surface area contributed by atoms with E-state index in [1.807, 2.05) is 24.3 Å². The topological polar surface area (TPSA) is 17.1 Å². The molecular formula is C13H15BrO. The van der Waals surface area contributed by atoms with Crippen LogP contribution in [0.2, 0.25) is 0 Å². The van der Waals surface area contributed by atoms with Crippen molar-refractivity contribution >= 4 is 21.7 Å². The molecular weight excluding hydrogens is 252 g/mol. The van der Waals surface area contributed by atoms with E-state index < -0.39 is 0 Å². The molecule has 1 aromatic rings. The lowest BCUT2D eigenvalue weighted by Gasteiger charge is -2.00. The average Bonchev–Trinajstić information content (AvgIpc) is 2.25.